The molecule has 0 bridgehead atoms. The minimum absolute atomic E-state index is 0.249. The fourth-order valence-electron chi connectivity index (χ4n) is 4.44. The lowest BCUT2D eigenvalue weighted by Crippen LogP contribution is -2.48. The van der Waals surface area contributed by atoms with Crippen LogP contribution in [0.2, 0.25) is 0 Å². The van der Waals surface area contributed by atoms with E-state index >= 15 is 0 Å². The van der Waals surface area contributed by atoms with Gasteiger partial charge in [-0.05, 0) is 30.5 Å². The average molecular weight is 490 g/mol. The summed E-state index contributed by atoms with van der Waals surface area (Å²) in [6.07, 6.45) is 5.24. The number of hydrogen-bond acceptors (Lipinski definition) is 8. The predicted octanol–water partition coefficient (Wildman–Crippen LogP) is 2.48. The summed E-state index contributed by atoms with van der Waals surface area (Å²) in [6.45, 7) is 1.10. The Kier molecular flexibility index (Phi) is 5.24. The summed E-state index contributed by atoms with van der Waals surface area (Å²) in [5, 5.41) is 11.1. The molecule has 1 N–H and O–H groups in total. The van der Waals surface area contributed by atoms with Gasteiger partial charge in [0.2, 0.25) is 10.0 Å². The van der Waals surface area contributed by atoms with E-state index in [1.807, 2.05) is 0 Å². The van der Waals surface area contributed by atoms with E-state index in [4.69, 9.17) is 0 Å². The number of carbonyl (C=O) groups is 1. The fraction of sp³-hybridized carbons (Fsp3) is 0.350. The van der Waals surface area contributed by atoms with Crippen LogP contribution in [0, 0.1) is 5.82 Å². The highest BCUT2D eigenvalue weighted by molar-refractivity contribution is 7.92. The smallest absolute Gasteiger partial charge is 0.323 e. The highest BCUT2D eigenvalue weighted by atomic mass is 32.2. The van der Waals surface area contributed by atoms with Gasteiger partial charge in [-0.1, -0.05) is 17.4 Å². The van der Waals surface area contributed by atoms with Crippen LogP contribution in [0.15, 0.2) is 36.1 Å². The summed E-state index contributed by atoms with van der Waals surface area (Å²) in [4.78, 5) is 22.9. The van der Waals surface area contributed by atoms with Gasteiger partial charge in [-0.3, -0.25) is 9.62 Å². The Morgan fingerprint density at radius 2 is 2.00 bits per heavy atom. The largest absolute Gasteiger partial charge is 0.324 e. The molecule has 2 aliphatic heterocycles. The first kappa shape index (κ1) is 21.6. The standard InChI is InChI=1S/C20H20FN7O3S2/c1-33(30,31)28-11-20(14-3-2-13(21)8-16(14)28)4-6-27(7-5-20)19(29)25-17-10-22-15(9-23-17)18-26-24-12-32-18/h2-3,8-10,12H,4-7,11H2,1H3,(H,23,25,29). The lowest BCUT2D eigenvalue weighted by Gasteiger charge is -2.39. The fourth-order valence-corrected chi connectivity index (χ4v) is 5.95. The molecule has 0 radical (unpaired) electrons. The van der Waals surface area contributed by atoms with Crippen molar-refractivity contribution in [3.8, 4) is 10.7 Å². The van der Waals surface area contributed by atoms with E-state index in [2.05, 4.69) is 25.5 Å². The quantitative estimate of drug-likeness (QED) is 0.600. The van der Waals surface area contributed by atoms with Crippen LogP contribution in [-0.2, 0) is 15.4 Å². The van der Waals surface area contributed by atoms with Gasteiger partial charge in [0.05, 0.1) is 24.3 Å². The number of nitrogens with zero attached hydrogens (tertiary/aromatic N) is 6. The van der Waals surface area contributed by atoms with Gasteiger partial charge in [0.1, 0.15) is 17.0 Å². The van der Waals surface area contributed by atoms with Crippen molar-refractivity contribution in [2.75, 3.05) is 35.5 Å². The molecule has 2 aliphatic rings. The zero-order valence-electron chi connectivity index (χ0n) is 17.6. The molecule has 2 amide bonds. The van der Waals surface area contributed by atoms with Crippen molar-refractivity contribution >= 4 is 38.9 Å². The third-order valence-electron chi connectivity index (χ3n) is 6.12. The van der Waals surface area contributed by atoms with Crippen LogP contribution >= 0.6 is 11.3 Å². The number of benzene rings is 1. The molecule has 13 heteroatoms. The Labute approximate surface area is 193 Å². The van der Waals surface area contributed by atoms with Crippen LogP contribution < -0.4 is 9.62 Å². The zero-order chi connectivity index (χ0) is 23.2. The van der Waals surface area contributed by atoms with E-state index in [1.165, 1.54) is 40.2 Å². The maximum atomic E-state index is 13.9. The highest BCUT2D eigenvalue weighted by Crippen LogP contribution is 2.48. The van der Waals surface area contributed by atoms with Crippen LogP contribution in [0.1, 0.15) is 18.4 Å². The second kappa shape index (κ2) is 7.99. The minimum Gasteiger partial charge on any atom is -0.324 e. The topological polar surface area (TPSA) is 121 Å². The van der Waals surface area contributed by atoms with Gasteiger partial charge < -0.3 is 4.90 Å². The molecule has 1 spiro atoms. The molecular formula is C20H20FN7O3S2. The van der Waals surface area contributed by atoms with Crippen LogP contribution in [0.25, 0.3) is 10.7 Å². The van der Waals surface area contributed by atoms with Crippen molar-refractivity contribution in [2.24, 2.45) is 0 Å². The molecule has 1 saturated heterocycles. The lowest BCUT2D eigenvalue weighted by atomic mass is 9.74. The number of halogens is 1. The van der Waals surface area contributed by atoms with E-state index in [9.17, 15) is 17.6 Å². The number of carbonyl (C=O) groups excluding carboxylic acids is 1. The molecule has 172 valence electrons. The Bertz CT molecular complexity index is 1290. The van der Waals surface area contributed by atoms with E-state index in [0.29, 0.717) is 48.1 Å². The maximum Gasteiger partial charge on any atom is 0.323 e. The SMILES string of the molecule is CS(=O)(=O)N1CC2(CCN(C(=O)Nc3cnc(-c4nncs4)cn3)CC2)c2ccc(F)cc21. The van der Waals surface area contributed by atoms with Gasteiger partial charge in [-0.25, -0.2) is 27.6 Å². The molecule has 0 saturated carbocycles. The molecule has 2 aromatic heterocycles. The molecule has 4 heterocycles. The summed E-state index contributed by atoms with van der Waals surface area (Å²) in [6, 6.07) is 3.99. The second-order valence-corrected chi connectivity index (χ2v) is 10.9. The number of piperidine rings is 1. The number of nitrogens with one attached hydrogen (secondary N) is 1. The number of sulfonamides is 1. The average Bonchev–Trinajstić information content (AvgIpc) is 3.42. The third-order valence-corrected chi connectivity index (χ3v) is 7.96. The van der Waals surface area contributed by atoms with Gasteiger partial charge in [0.25, 0.3) is 0 Å². The van der Waals surface area contributed by atoms with Crippen LogP contribution in [-0.4, -0.2) is 65.4 Å². The Hall–Kier alpha value is -3.19. The summed E-state index contributed by atoms with van der Waals surface area (Å²) in [7, 11) is -3.55. The number of fused-ring (bicyclic) bond motifs is 2. The van der Waals surface area contributed by atoms with Crippen molar-refractivity contribution in [1.82, 2.24) is 25.1 Å². The number of aromatic nitrogens is 4. The summed E-state index contributed by atoms with van der Waals surface area (Å²) in [5.74, 6) is -0.159. The first-order valence-corrected chi connectivity index (χ1v) is 12.9. The Morgan fingerprint density at radius 3 is 2.64 bits per heavy atom. The molecule has 1 fully saturated rings. The molecular weight excluding hydrogens is 469 g/mol. The van der Waals surface area contributed by atoms with E-state index < -0.39 is 21.3 Å². The Balaban J connectivity index is 1.28. The molecule has 10 nitrogen and oxygen atoms in total. The number of anilines is 2. The number of amides is 2. The predicted molar refractivity (Wildman–Crippen MR) is 121 cm³/mol. The molecule has 0 unspecified atom stereocenters. The molecule has 3 aromatic rings. The monoisotopic (exact) mass is 489 g/mol. The van der Waals surface area contributed by atoms with Crippen molar-refractivity contribution in [2.45, 2.75) is 18.3 Å². The van der Waals surface area contributed by atoms with Crippen molar-refractivity contribution in [3.63, 3.8) is 0 Å². The number of urea groups is 1. The van der Waals surface area contributed by atoms with Crippen molar-refractivity contribution in [3.05, 3.63) is 47.5 Å². The van der Waals surface area contributed by atoms with Gasteiger partial charge >= 0.3 is 6.03 Å². The molecule has 33 heavy (non-hydrogen) atoms. The Morgan fingerprint density at radius 1 is 1.21 bits per heavy atom. The van der Waals surface area contributed by atoms with Crippen molar-refractivity contribution in [1.29, 1.82) is 0 Å². The minimum atomic E-state index is -3.55. The summed E-state index contributed by atoms with van der Waals surface area (Å²) in [5.41, 5.74) is 2.92. The zero-order valence-corrected chi connectivity index (χ0v) is 19.2. The van der Waals surface area contributed by atoms with Gasteiger partial charge in [0.15, 0.2) is 10.8 Å². The van der Waals surface area contributed by atoms with Gasteiger partial charge in [-0.2, -0.15) is 0 Å². The van der Waals surface area contributed by atoms with Gasteiger partial charge in [0, 0.05) is 25.0 Å². The van der Waals surface area contributed by atoms with Crippen LogP contribution in [0.4, 0.5) is 20.7 Å². The molecule has 0 atom stereocenters. The number of likely N-dealkylation sites (tertiary alicyclic amines) is 1. The van der Waals surface area contributed by atoms with Crippen LogP contribution in [0.3, 0.4) is 0 Å². The first-order valence-electron chi connectivity index (χ1n) is 10.2. The normalized spacial score (nSPS) is 17.3. The molecule has 0 aliphatic carbocycles. The van der Waals surface area contributed by atoms with E-state index in [0.717, 1.165) is 11.8 Å². The van der Waals surface area contributed by atoms with E-state index in [1.54, 1.807) is 16.5 Å². The van der Waals surface area contributed by atoms with Crippen molar-refractivity contribution < 1.29 is 17.6 Å². The first-order chi connectivity index (χ1) is 15.7. The number of rotatable bonds is 3. The summed E-state index contributed by atoms with van der Waals surface area (Å²) < 4.78 is 39.8. The highest BCUT2D eigenvalue weighted by Gasteiger charge is 2.47. The van der Waals surface area contributed by atoms with E-state index in [-0.39, 0.29) is 12.6 Å². The maximum absolute atomic E-state index is 13.9. The molecule has 5 rings (SSSR count). The van der Waals surface area contributed by atoms with Gasteiger partial charge in [-0.15, -0.1) is 10.2 Å². The summed E-state index contributed by atoms with van der Waals surface area (Å²) >= 11 is 1.34. The number of hydrogen-bond donors (Lipinski definition) is 1. The third kappa shape index (κ3) is 4.02. The van der Waals surface area contributed by atoms with Crippen LogP contribution in [0.5, 0.6) is 0 Å². The lowest BCUT2D eigenvalue weighted by molar-refractivity contribution is 0.173. The molecule has 1 aromatic carbocycles. The second-order valence-electron chi connectivity index (χ2n) is 8.16.